The molecule has 0 saturated carbocycles. The Hall–Kier alpha value is -2.16. The van der Waals surface area contributed by atoms with Crippen molar-refractivity contribution >= 4 is 22.7 Å². The van der Waals surface area contributed by atoms with Crippen molar-refractivity contribution < 1.29 is 18.1 Å². The highest BCUT2D eigenvalue weighted by Gasteiger charge is 2.35. The molecular weight excluding hydrogens is 307 g/mol. The van der Waals surface area contributed by atoms with E-state index in [-0.39, 0.29) is 12.2 Å². The number of benzene rings is 1. The molecule has 0 amide bonds. The van der Waals surface area contributed by atoms with Crippen LogP contribution in [0.4, 0.5) is 24.5 Å². The Balaban J connectivity index is 2.16. The van der Waals surface area contributed by atoms with Gasteiger partial charge in [-0.25, -0.2) is 4.98 Å². The van der Waals surface area contributed by atoms with Crippen LogP contribution in [-0.4, -0.2) is 16.5 Å². The number of nitrogens with one attached hydrogen (secondary N) is 1. The largest absolute Gasteiger partial charge is 0.418 e. The Morgan fingerprint density at radius 3 is 2.71 bits per heavy atom. The van der Waals surface area contributed by atoms with Crippen molar-refractivity contribution in [2.24, 2.45) is 0 Å². The molecule has 0 aliphatic rings. The van der Waals surface area contributed by atoms with E-state index in [0.29, 0.717) is 12.5 Å². The van der Waals surface area contributed by atoms with Gasteiger partial charge in [0.15, 0.2) is 0 Å². The highest BCUT2D eigenvalue weighted by Crippen LogP contribution is 2.37. The lowest BCUT2D eigenvalue weighted by molar-refractivity contribution is -0.385. The van der Waals surface area contributed by atoms with E-state index < -0.39 is 22.4 Å². The first-order valence-electron chi connectivity index (χ1n) is 5.86. The molecule has 1 aromatic heterocycles. The molecule has 0 bridgehead atoms. The number of anilines is 1. The zero-order chi connectivity index (χ0) is 15.5. The standard InChI is InChI=1S/C12H10F3N3O2S/c13-12(14,15)9-7-8(18(19)20)1-2-10(9)16-4-3-11-17-5-6-21-11/h1-2,5-7,16H,3-4H2. The van der Waals surface area contributed by atoms with Gasteiger partial charge in [-0.05, 0) is 6.07 Å². The van der Waals surface area contributed by atoms with E-state index in [1.807, 2.05) is 0 Å². The van der Waals surface area contributed by atoms with E-state index in [0.717, 1.165) is 17.1 Å². The quantitative estimate of drug-likeness (QED) is 0.674. The number of aromatic nitrogens is 1. The number of nitro groups is 1. The summed E-state index contributed by atoms with van der Waals surface area (Å²) in [5.41, 5.74) is -1.81. The maximum absolute atomic E-state index is 12.9. The van der Waals surface area contributed by atoms with Crippen molar-refractivity contribution in [2.75, 3.05) is 11.9 Å². The molecule has 0 saturated heterocycles. The third kappa shape index (κ3) is 3.91. The third-order valence-corrected chi connectivity index (χ3v) is 3.50. The minimum absolute atomic E-state index is 0.176. The lowest BCUT2D eigenvalue weighted by atomic mass is 10.1. The number of rotatable bonds is 5. The molecule has 0 atom stereocenters. The van der Waals surface area contributed by atoms with E-state index in [4.69, 9.17) is 0 Å². The van der Waals surface area contributed by atoms with E-state index in [2.05, 4.69) is 10.3 Å². The molecule has 1 heterocycles. The fourth-order valence-corrected chi connectivity index (χ4v) is 2.34. The normalized spacial score (nSPS) is 11.4. The van der Waals surface area contributed by atoms with Crippen LogP contribution >= 0.6 is 11.3 Å². The molecular formula is C12H10F3N3O2S. The average molecular weight is 317 g/mol. The Morgan fingerprint density at radius 1 is 1.38 bits per heavy atom. The molecule has 0 spiro atoms. The van der Waals surface area contributed by atoms with Gasteiger partial charge in [-0.3, -0.25) is 10.1 Å². The summed E-state index contributed by atoms with van der Waals surface area (Å²) in [6.45, 7) is 0.258. The van der Waals surface area contributed by atoms with Gasteiger partial charge in [0.1, 0.15) is 0 Å². The smallest absolute Gasteiger partial charge is 0.384 e. The first-order valence-corrected chi connectivity index (χ1v) is 6.74. The number of thiazole rings is 1. The second kappa shape index (κ2) is 6.08. The van der Waals surface area contributed by atoms with Gasteiger partial charge in [-0.15, -0.1) is 11.3 Å². The molecule has 1 N–H and O–H groups in total. The van der Waals surface area contributed by atoms with Gasteiger partial charge in [-0.2, -0.15) is 13.2 Å². The molecule has 112 valence electrons. The Labute approximate surface area is 121 Å². The van der Waals surface area contributed by atoms with Crippen molar-refractivity contribution in [3.8, 4) is 0 Å². The fourth-order valence-electron chi connectivity index (χ4n) is 1.72. The van der Waals surface area contributed by atoms with Gasteiger partial charge in [0.2, 0.25) is 0 Å². The minimum atomic E-state index is -4.66. The number of non-ortho nitro benzene ring substituents is 1. The summed E-state index contributed by atoms with van der Waals surface area (Å²) in [4.78, 5) is 13.7. The summed E-state index contributed by atoms with van der Waals surface area (Å²) < 4.78 is 38.8. The van der Waals surface area contributed by atoms with Crippen LogP contribution in [0.3, 0.4) is 0 Å². The van der Waals surface area contributed by atoms with Gasteiger partial charge in [-0.1, -0.05) is 0 Å². The summed E-state index contributed by atoms with van der Waals surface area (Å²) >= 11 is 1.41. The molecule has 2 aromatic rings. The number of nitro benzene ring substituents is 1. The minimum Gasteiger partial charge on any atom is -0.384 e. The second-order valence-electron chi connectivity index (χ2n) is 4.09. The molecule has 0 aliphatic heterocycles. The number of nitrogens with zero attached hydrogens (tertiary/aromatic N) is 2. The molecule has 21 heavy (non-hydrogen) atoms. The van der Waals surface area contributed by atoms with Gasteiger partial charge < -0.3 is 5.32 Å². The molecule has 0 unspecified atom stereocenters. The maximum atomic E-state index is 12.9. The van der Waals surface area contributed by atoms with Crippen molar-refractivity contribution in [1.29, 1.82) is 0 Å². The van der Waals surface area contributed by atoms with E-state index >= 15 is 0 Å². The van der Waals surface area contributed by atoms with Gasteiger partial charge >= 0.3 is 6.18 Å². The second-order valence-corrected chi connectivity index (χ2v) is 5.07. The van der Waals surface area contributed by atoms with Gasteiger partial charge in [0, 0.05) is 42.4 Å². The highest BCUT2D eigenvalue weighted by atomic mass is 32.1. The van der Waals surface area contributed by atoms with Crippen LogP contribution in [0, 0.1) is 10.1 Å². The first-order chi connectivity index (χ1) is 9.88. The number of hydrogen-bond donors (Lipinski definition) is 1. The predicted molar refractivity (Wildman–Crippen MR) is 72.4 cm³/mol. The molecule has 9 heteroatoms. The average Bonchev–Trinajstić information content (AvgIpc) is 2.90. The van der Waals surface area contributed by atoms with Crippen molar-refractivity contribution in [1.82, 2.24) is 4.98 Å². The van der Waals surface area contributed by atoms with Crippen LogP contribution in [0.1, 0.15) is 10.6 Å². The zero-order valence-corrected chi connectivity index (χ0v) is 11.4. The van der Waals surface area contributed by atoms with Crippen LogP contribution in [0.15, 0.2) is 29.8 Å². The Kier molecular flexibility index (Phi) is 4.41. The Bertz CT molecular complexity index is 629. The molecule has 0 aliphatic carbocycles. The third-order valence-electron chi connectivity index (χ3n) is 2.66. The molecule has 1 aromatic carbocycles. The van der Waals surface area contributed by atoms with Crippen LogP contribution in [0.25, 0.3) is 0 Å². The van der Waals surface area contributed by atoms with E-state index in [9.17, 15) is 23.3 Å². The van der Waals surface area contributed by atoms with Crippen molar-refractivity contribution in [3.05, 3.63) is 50.5 Å². The molecule has 0 radical (unpaired) electrons. The van der Waals surface area contributed by atoms with Gasteiger partial charge in [0.05, 0.1) is 15.5 Å². The van der Waals surface area contributed by atoms with E-state index in [1.165, 1.54) is 11.3 Å². The topological polar surface area (TPSA) is 68.1 Å². The monoisotopic (exact) mass is 317 g/mol. The lowest BCUT2D eigenvalue weighted by Crippen LogP contribution is -2.13. The predicted octanol–water partition coefficient (Wildman–Crippen LogP) is 3.72. The molecule has 0 fully saturated rings. The number of halogens is 3. The van der Waals surface area contributed by atoms with E-state index in [1.54, 1.807) is 11.6 Å². The zero-order valence-electron chi connectivity index (χ0n) is 10.6. The maximum Gasteiger partial charge on any atom is 0.418 e. The van der Waals surface area contributed by atoms with Gasteiger partial charge in [0.25, 0.3) is 5.69 Å². The van der Waals surface area contributed by atoms with Crippen LogP contribution in [0.5, 0.6) is 0 Å². The summed E-state index contributed by atoms with van der Waals surface area (Å²) in [5.74, 6) is 0. The number of hydrogen-bond acceptors (Lipinski definition) is 5. The summed E-state index contributed by atoms with van der Waals surface area (Å²) in [6.07, 6.45) is -2.56. The lowest BCUT2D eigenvalue weighted by Gasteiger charge is -2.14. The van der Waals surface area contributed by atoms with Crippen LogP contribution < -0.4 is 5.32 Å². The summed E-state index contributed by atoms with van der Waals surface area (Å²) in [6, 6.07) is 2.65. The number of alkyl halides is 3. The summed E-state index contributed by atoms with van der Waals surface area (Å²) in [7, 11) is 0. The molecule has 2 rings (SSSR count). The molecule has 5 nitrogen and oxygen atoms in total. The Morgan fingerprint density at radius 2 is 2.14 bits per heavy atom. The van der Waals surface area contributed by atoms with Crippen LogP contribution in [0.2, 0.25) is 0 Å². The highest BCUT2D eigenvalue weighted by molar-refractivity contribution is 7.09. The van der Waals surface area contributed by atoms with Crippen LogP contribution in [-0.2, 0) is 12.6 Å². The first kappa shape index (κ1) is 15.2. The SMILES string of the molecule is O=[N+]([O-])c1ccc(NCCc2nccs2)c(C(F)(F)F)c1. The van der Waals surface area contributed by atoms with Crippen molar-refractivity contribution in [2.45, 2.75) is 12.6 Å². The fraction of sp³-hybridized carbons (Fsp3) is 0.250. The summed E-state index contributed by atoms with van der Waals surface area (Å²) in [5, 5.41) is 15.8. The van der Waals surface area contributed by atoms with Crippen molar-refractivity contribution in [3.63, 3.8) is 0 Å².